The molecule has 0 aliphatic heterocycles. The number of pyridine rings is 1. The standard InChI is InChI=1S/C15H24N4S.HI/c1-16-15(19-13-6-7-14(11-13)20-2)18-10-8-12-5-3-4-9-17-12;/h3-5,9,13-14H,6-8,10-11H2,1-2H3,(H2,16,18,19);1H. The van der Waals surface area contributed by atoms with E-state index in [0.29, 0.717) is 6.04 Å². The molecule has 0 amide bonds. The van der Waals surface area contributed by atoms with Crippen LogP contribution in [0.25, 0.3) is 0 Å². The lowest BCUT2D eigenvalue weighted by molar-refractivity contribution is 0.614. The molecule has 0 radical (unpaired) electrons. The highest BCUT2D eigenvalue weighted by atomic mass is 127. The Bertz CT molecular complexity index is 427. The second-order valence-corrected chi connectivity index (χ2v) is 6.22. The summed E-state index contributed by atoms with van der Waals surface area (Å²) in [6.45, 7) is 0.857. The third kappa shape index (κ3) is 6.42. The van der Waals surface area contributed by atoms with Crippen LogP contribution in [0.5, 0.6) is 0 Å². The molecule has 0 bridgehead atoms. The number of thioether (sulfide) groups is 1. The van der Waals surface area contributed by atoms with Gasteiger partial charge in [0.2, 0.25) is 0 Å². The van der Waals surface area contributed by atoms with Crippen molar-refractivity contribution in [1.29, 1.82) is 0 Å². The van der Waals surface area contributed by atoms with Crippen molar-refractivity contribution in [1.82, 2.24) is 15.6 Å². The van der Waals surface area contributed by atoms with Crippen molar-refractivity contribution in [2.45, 2.75) is 37.0 Å². The molecule has 0 aromatic carbocycles. The summed E-state index contributed by atoms with van der Waals surface area (Å²) in [5.41, 5.74) is 1.11. The Labute approximate surface area is 149 Å². The maximum atomic E-state index is 4.32. The summed E-state index contributed by atoms with van der Waals surface area (Å²) >= 11 is 1.98. The molecule has 0 saturated heterocycles. The first-order chi connectivity index (χ1) is 9.81. The number of nitrogens with zero attached hydrogens (tertiary/aromatic N) is 2. The molecule has 1 fully saturated rings. The van der Waals surface area contributed by atoms with Gasteiger partial charge in [-0.05, 0) is 37.7 Å². The molecule has 118 valence electrons. The second-order valence-electron chi connectivity index (χ2n) is 5.08. The van der Waals surface area contributed by atoms with Crippen molar-refractivity contribution in [3.8, 4) is 0 Å². The lowest BCUT2D eigenvalue weighted by atomic mass is 10.2. The topological polar surface area (TPSA) is 49.3 Å². The first-order valence-electron chi connectivity index (χ1n) is 7.21. The van der Waals surface area contributed by atoms with Crippen LogP contribution in [-0.4, -0.2) is 42.1 Å². The Kier molecular flexibility index (Phi) is 9.07. The van der Waals surface area contributed by atoms with Gasteiger partial charge in [-0.2, -0.15) is 11.8 Å². The highest BCUT2D eigenvalue weighted by Crippen LogP contribution is 2.27. The Balaban J connectivity index is 0.00000220. The monoisotopic (exact) mass is 420 g/mol. The molecule has 0 spiro atoms. The number of guanidine groups is 1. The molecule has 1 aromatic heterocycles. The van der Waals surface area contributed by atoms with Gasteiger partial charge in [-0.3, -0.25) is 9.98 Å². The van der Waals surface area contributed by atoms with Crippen molar-refractivity contribution >= 4 is 41.7 Å². The van der Waals surface area contributed by atoms with Gasteiger partial charge in [0, 0.05) is 43.2 Å². The van der Waals surface area contributed by atoms with Gasteiger partial charge in [0.1, 0.15) is 0 Å². The van der Waals surface area contributed by atoms with Crippen LogP contribution < -0.4 is 10.6 Å². The van der Waals surface area contributed by atoms with Gasteiger partial charge in [0.15, 0.2) is 5.96 Å². The molecule has 21 heavy (non-hydrogen) atoms. The lowest BCUT2D eigenvalue weighted by Crippen LogP contribution is -2.43. The zero-order valence-corrected chi connectivity index (χ0v) is 15.9. The van der Waals surface area contributed by atoms with E-state index in [1.807, 2.05) is 37.1 Å². The maximum Gasteiger partial charge on any atom is 0.191 e. The van der Waals surface area contributed by atoms with E-state index in [0.717, 1.165) is 29.9 Å². The van der Waals surface area contributed by atoms with Gasteiger partial charge >= 0.3 is 0 Å². The number of hydrogen-bond donors (Lipinski definition) is 2. The number of aromatic nitrogens is 1. The minimum absolute atomic E-state index is 0. The average molecular weight is 420 g/mol. The summed E-state index contributed by atoms with van der Waals surface area (Å²) in [5, 5.41) is 7.70. The fourth-order valence-corrected chi connectivity index (χ4v) is 3.32. The van der Waals surface area contributed by atoms with Crippen LogP contribution in [-0.2, 0) is 6.42 Å². The van der Waals surface area contributed by atoms with Gasteiger partial charge in [0.25, 0.3) is 0 Å². The molecule has 2 unspecified atom stereocenters. The molecule has 2 N–H and O–H groups in total. The van der Waals surface area contributed by atoms with Crippen LogP contribution in [0.1, 0.15) is 25.0 Å². The quantitative estimate of drug-likeness (QED) is 0.437. The molecule has 1 saturated carbocycles. The first-order valence-corrected chi connectivity index (χ1v) is 8.50. The Morgan fingerprint density at radius 3 is 2.90 bits per heavy atom. The Hall–Kier alpha value is -0.500. The second kappa shape index (κ2) is 10.3. The molecular formula is C15H25IN4S. The fraction of sp³-hybridized carbons (Fsp3) is 0.600. The molecule has 1 aliphatic rings. The minimum atomic E-state index is 0. The third-order valence-corrected chi connectivity index (χ3v) is 4.78. The summed E-state index contributed by atoms with van der Waals surface area (Å²) in [6, 6.07) is 6.59. The number of nitrogens with one attached hydrogen (secondary N) is 2. The molecule has 4 nitrogen and oxygen atoms in total. The number of hydrogen-bond acceptors (Lipinski definition) is 3. The summed E-state index contributed by atoms with van der Waals surface area (Å²) < 4.78 is 0. The summed E-state index contributed by atoms with van der Waals surface area (Å²) in [4.78, 5) is 8.62. The van der Waals surface area contributed by atoms with E-state index in [2.05, 4.69) is 32.9 Å². The van der Waals surface area contributed by atoms with E-state index in [1.165, 1.54) is 19.3 Å². The van der Waals surface area contributed by atoms with Gasteiger partial charge in [-0.25, -0.2) is 0 Å². The lowest BCUT2D eigenvalue weighted by Gasteiger charge is -2.17. The van der Waals surface area contributed by atoms with E-state index in [9.17, 15) is 0 Å². The SMILES string of the molecule is CN=C(NCCc1ccccn1)NC1CCC(SC)C1.I. The summed E-state index contributed by atoms with van der Waals surface area (Å²) in [5.74, 6) is 0.910. The predicted molar refractivity (Wildman–Crippen MR) is 103 cm³/mol. The molecule has 1 aliphatic carbocycles. The van der Waals surface area contributed by atoms with E-state index < -0.39 is 0 Å². The van der Waals surface area contributed by atoms with Crippen molar-refractivity contribution in [3.63, 3.8) is 0 Å². The first kappa shape index (κ1) is 18.5. The summed E-state index contributed by atoms with van der Waals surface area (Å²) in [6.07, 6.45) is 8.74. The van der Waals surface area contributed by atoms with Gasteiger partial charge in [-0.1, -0.05) is 6.07 Å². The van der Waals surface area contributed by atoms with Gasteiger partial charge in [-0.15, -0.1) is 24.0 Å². The highest BCUT2D eigenvalue weighted by molar-refractivity contribution is 14.0. The zero-order valence-electron chi connectivity index (χ0n) is 12.7. The van der Waals surface area contributed by atoms with Crippen molar-refractivity contribution in [3.05, 3.63) is 30.1 Å². The van der Waals surface area contributed by atoms with E-state index >= 15 is 0 Å². The van der Waals surface area contributed by atoms with E-state index in [1.54, 1.807) is 0 Å². The van der Waals surface area contributed by atoms with Crippen LogP contribution in [0.3, 0.4) is 0 Å². The van der Waals surface area contributed by atoms with Crippen LogP contribution in [0.15, 0.2) is 29.4 Å². The molecule has 6 heteroatoms. The van der Waals surface area contributed by atoms with Crippen molar-refractivity contribution in [2.75, 3.05) is 19.8 Å². The molecule has 2 rings (SSSR count). The van der Waals surface area contributed by atoms with Crippen LogP contribution in [0.2, 0.25) is 0 Å². The van der Waals surface area contributed by atoms with E-state index in [-0.39, 0.29) is 24.0 Å². The largest absolute Gasteiger partial charge is 0.356 e. The predicted octanol–water partition coefficient (Wildman–Crippen LogP) is 2.69. The minimum Gasteiger partial charge on any atom is -0.356 e. The van der Waals surface area contributed by atoms with Gasteiger partial charge in [0.05, 0.1) is 0 Å². The number of rotatable bonds is 5. The van der Waals surface area contributed by atoms with Crippen molar-refractivity contribution < 1.29 is 0 Å². The van der Waals surface area contributed by atoms with Gasteiger partial charge < -0.3 is 10.6 Å². The molecule has 2 atom stereocenters. The summed E-state index contributed by atoms with van der Waals surface area (Å²) in [7, 11) is 1.83. The molecular weight excluding hydrogens is 395 g/mol. The Morgan fingerprint density at radius 2 is 2.29 bits per heavy atom. The third-order valence-electron chi connectivity index (χ3n) is 3.68. The highest BCUT2D eigenvalue weighted by Gasteiger charge is 2.24. The number of halogens is 1. The van der Waals surface area contributed by atoms with Crippen molar-refractivity contribution in [2.24, 2.45) is 4.99 Å². The van der Waals surface area contributed by atoms with E-state index in [4.69, 9.17) is 0 Å². The van der Waals surface area contributed by atoms with Crippen LogP contribution in [0, 0.1) is 0 Å². The average Bonchev–Trinajstić information content (AvgIpc) is 2.95. The molecule has 1 aromatic rings. The molecule has 1 heterocycles. The number of aliphatic imine (C=N–C) groups is 1. The normalized spacial score (nSPS) is 21.7. The smallest absolute Gasteiger partial charge is 0.191 e. The maximum absolute atomic E-state index is 4.32. The van der Waals surface area contributed by atoms with Crippen LogP contribution in [0.4, 0.5) is 0 Å². The fourth-order valence-electron chi connectivity index (χ4n) is 2.53. The Morgan fingerprint density at radius 1 is 1.43 bits per heavy atom. The van der Waals surface area contributed by atoms with Crippen LogP contribution >= 0.6 is 35.7 Å². The zero-order chi connectivity index (χ0) is 14.2.